The smallest absolute Gasteiger partial charge is 0.157 e. The largest absolute Gasteiger partial charge is 0.356 e. The van der Waals surface area contributed by atoms with Gasteiger partial charge in [-0.1, -0.05) is 0 Å². The van der Waals surface area contributed by atoms with Crippen molar-refractivity contribution in [2.45, 2.75) is 32.2 Å². The van der Waals surface area contributed by atoms with E-state index in [4.69, 9.17) is 9.47 Å². The van der Waals surface area contributed by atoms with Gasteiger partial charge in [-0.3, -0.25) is 0 Å². The average molecular weight is 116 g/mol. The maximum absolute atomic E-state index is 5.29. The van der Waals surface area contributed by atoms with E-state index in [1.807, 2.05) is 0 Å². The summed E-state index contributed by atoms with van der Waals surface area (Å²) in [7, 11) is 1.68. The van der Waals surface area contributed by atoms with E-state index >= 15 is 0 Å². The lowest BCUT2D eigenvalue weighted by atomic mass is 10.3. The van der Waals surface area contributed by atoms with Gasteiger partial charge in [0, 0.05) is 13.5 Å². The van der Waals surface area contributed by atoms with Crippen molar-refractivity contribution in [3.05, 3.63) is 0 Å². The minimum absolute atomic E-state index is 0.0741. The van der Waals surface area contributed by atoms with Gasteiger partial charge in [0.1, 0.15) is 0 Å². The second kappa shape index (κ2) is 2.46. The summed E-state index contributed by atoms with van der Waals surface area (Å²) >= 11 is 0. The van der Waals surface area contributed by atoms with E-state index in [9.17, 15) is 0 Å². The van der Waals surface area contributed by atoms with E-state index in [2.05, 4.69) is 6.92 Å². The molecule has 0 bridgehead atoms. The van der Waals surface area contributed by atoms with Crippen LogP contribution in [0.5, 0.6) is 0 Å². The minimum Gasteiger partial charge on any atom is -0.356 e. The zero-order valence-electron chi connectivity index (χ0n) is 5.39. The summed E-state index contributed by atoms with van der Waals surface area (Å²) in [6.07, 6.45) is 2.67. The predicted molar refractivity (Wildman–Crippen MR) is 30.6 cm³/mol. The van der Waals surface area contributed by atoms with E-state index in [0.29, 0.717) is 6.10 Å². The third kappa shape index (κ3) is 1.20. The predicted octanol–water partition coefficient (Wildman–Crippen LogP) is 1.16. The lowest BCUT2D eigenvalue weighted by Gasteiger charge is -2.06. The van der Waals surface area contributed by atoms with E-state index < -0.39 is 0 Å². The highest BCUT2D eigenvalue weighted by Gasteiger charge is 2.20. The highest BCUT2D eigenvalue weighted by atomic mass is 16.7. The topological polar surface area (TPSA) is 18.5 Å². The van der Waals surface area contributed by atoms with Gasteiger partial charge in [-0.15, -0.1) is 0 Å². The second-order valence-electron chi connectivity index (χ2n) is 2.19. The quantitative estimate of drug-likeness (QED) is 0.511. The summed E-state index contributed by atoms with van der Waals surface area (Å²) in [5, 5.41) is 0. The maximum atomic E-state index is 5.29. The van der Waals surface area contributed by atoms with Crippen molar-refractivity contribution >= 4 is 0 Å². The molecular formula is C6H12O2. The number of hydrogen-bond acceptors (Lipinski definition) is 2. The van der Waals surface area contributed by atoms with Gasteiger partial charge >= 0.3 is 0 Å². The third-order valence-corrected chi connectivity index (χ3v) is 1.46. The van der Waals surface area contributed by atoms with Gasteiger partial charge in [-0.05, 0) is 13.3 Å². The molecule has 48 valence electrons. The first-order valence-corrected chi connectivity index (χ1v) is 3.01. The molecule has 1 unspecified atom stereocenters. The highest BCUT2D eigenvalue weighted by molar-refractivity contribution is 4.61. The molecule has 0 spiro atoms. The molecule has 1 aliphatic rings. The number of hydrogen-bond donors (Lipinski definition) is 0. The summed E-state index contributed by atoms with van der Waals surface area (Å²) in [5.74, 6) is 0. The first-order chi connectivity index (χ1) is 3.83. The zero-order chi connectivity index (χ0) is 5.98. The lowest BCUT2D eigenvalue weighted by Crippen LogP contribution is -2.09. The third-order valence-electron chi connectivity index (χ3n) is 1.46. The Morgan fingerprint density at radius 3 is 2.50 bits per heavy atom. The number of methoxy groups -OCH3 is 1. The average Bonchev–Trinajstić information content (AvgIpc) is 2.14. The van der Waals surface area contributed by atoms with Gasteiger partial charge < -0.3 is 9.47 Å². The van der Waals surface area contributed by atoms with Gasteiger partial charge in [0.15, 0.2) is 6.29 Å². The van der Waals surface area contributed by atoms with Crippen molar-refractivity contribution < 1.29 is 9.47 Å². The van der Waals surface area contributed by atoms with E-state index in [0.717, 1.165) is 12.8 Å². The van der Waals surface area contributed by atoms with Crippen LogP contribution in [0.3, 0.4) is 0 Å². The Balaban J connectivity index is 2.22. The fraction of sp³-hybridized carbons (Fsp3) is 1.00. The van der Waals surface area contributed by atoms with Crippen LogP contribution in [0.25, 0.3) is 0 Å². The molecule has 1 heterocycles. The number of ether oxygens (including phenoxy) is 2. The molecular weight excluding hydrogens is 104 g/mol. The van der Waals surface area contributed by atoms with Crippen molar-refractivity contribution in [2.75, 3.05) is 7.11 Å². The van der Waals surface area contributed by atoms with E-state index in [-0.39, 0.29) is 6.29 Å². The van der Waals surface area contributed by atoms with Crippen molar-refractivity contribution in [2.24, 2.45) is 0 Å². The SMILES string of the molecule is CO[C@@H]1CCC(C)O1. The molecule has 1 saturated heterocycles. The van der Waals surface area contributed by atoms with Crippen LogP contribution in [0.15, 0.2) is 0 Å². The lowest BCUT2D eigenvalue weighted by molar-refractivity contribution is -0.110. The molecule has 1 fully saturated rings. The van der Waals surface area contributed by atoms with Crippen LogP contribution in [-0.4, -0.2) is 19.5 Å². The monoisotopic (exact) mass is 116 g/mol. The van der Waals surface area contributed by atoms with Gasteiger partial charge in [-0.25, -0.2) is 0 Å². The van der Waals surface area contributed by atoms with Crippen molar-refractivity contribution in [1.29, 1.82) is 0 Å². The first kappa shape index (κ1) is 6.05. The molecule has 1 rings (SSSR count). The van der Waals surface area contributed by atoms with Gasteiger partial charge in [-0.2, -0.15) is 0 Å². The Morgan fingerprint density at radius 1 is 1.50 bits per heavy atom. The minimum atomic E-state index is 0.0741. The fourth-order valence-electron chi connectivity index (χ4n) is 0.939. The maximum Gasteiger partial charge on any atom is 0.157 e. The fourth-order valence-corrected chi connectivity index (χ4v) is 0.939. The molecule has 0 aromatic heterocycles. The van der Waals surface area contributed by atoms with Crippen LogP contribution in [0.1, 0.15) is 19.8 Å². The summed E-state index contributed by atoms with van der Waals surface area (Å²) < 4.78 is 10.2. The Morgan fingerprint density at radius 2 is 2.25 bits per heavy atom. The molecule has 2 nitrogen and oxygen atoms in total. The Hall–Kier alpha value is -0.0800. The molecule has 0 N–H and O–H groups in total. The molecule has 2 heteroatoms. The van der Waals surface area contributed by atoms with Crippen molar-refractivity contribution in [1.82, 2.24) is 0 Å². The molecule has 0 amide bonds. The molecule has 0 radical (unpaired) electrons. The van der Waals surface area contributed by atoms with Crippen molar-refractivity contribution in [3.8, 4) is 0 Å². The highest BCUT2D eigenvalue weighted by Crippen LogP contribution is 2.18. The van der Waals surface area contributed by atoms with Crippen LogP contribution in [0.4, 0.5) is 0 Å². The molecule has 0 aromatic carbocycles. The first-order valence-electron chi connectivity index (χ1n) is 3.01. The van der Waals surface area contributed by atoms with Crippen LogP contribution >= 0.6 is 0 Å². The van der Waals surface area contributed by atoms with Crippen molar-refractivity contribution in [3.63, 3.8) is 0 Å². The van der Waals surface area contributed by atoms with E-state index in [1.54, 1.807) is 7.11 Å². The summed E-state index contributed by atoms with van der Waals surface area (Å²) in [4.78, 5) is 0. The summed E-state index contributed by atoms with van der Waals surface area (Å²) in [6, 6.07) is 0. The van der Waals surface area contributed by atoms with Gasteiger partial charge in [0.25, 0.3) is 0 Å². The normalized spacial score (nSPS) is 38.2. The van der Waals surface area contributed by atoms with Crippen LogP contribution in [-0.2, 0) is 9.47 Å². The standard InChI is InChI=1S/C6H12O2/c1-5-3-4-6(7-2)8-5/h5-6H,3-4H2,1-2H3/t5?,6-/m0/s1. The van der Waals surface area contributed by atoms with Crippen LogP contribution in [0.2, 0.25) is 0 Å². The molecule has 0 saturated carbocycles. The Labute approximate surface area is 49.8 Å². The summed E-state index contributed by atoms with van der Waals surface area (Å²) in [6.45, 7) is 2.07. The molecule has 8 heavy (non-hydrogen) atoms. The molecule has 0 aliphatic carbocycles. The van der Waals surface area contributed by atoms with Gasteiger partial charge in [0.2, 0.25) is 0 Å². The summed E-state index contributed by atoms with van der Waals surface area (Å²) in [5.41, 5.74) is 0. The Kier molecular flexibility index (Phi) is 1.86. The zero-order valence-corrected chi connectivity index (χ0v) is 5.39. The second-order valence-corrected chi connectivity index (χ2v) is 2.19. The molecule has 0 aromatic rings. The van der Waals surface area contributed by atoms with Gasteiger partial charge in [0.05, 0.1) is 6.10 Å². The molecule has 2 atom stereocenters. The van der Waals surface area contributed by atoms with Crippen LogP contribution < -0.4 is 0 Å². The number of rotatable bonds is 1. The van der Waals surface area contributed by atoms with Crippen LogP contribution in [0, 0.1) is 0 Å². The Bertz CT molecular complexity index is 72.9. The molecule has 1 aliphatic heterocycles. The van der Waals surface area contributed by atoms with E-state index in [1.165, 1.54) is 0 Å².